The van der Waals surface area contributed by atoms with Gasteiger partial charge in [0.2, 0.25) is 0 Å². The number of rotatable bonds is 4. The maximum atomic E-state index is 11.4. The molecule has 0 radical (unpaired) electrons. The fourth-order valence-electron chi connectivity index (χ4n) is 1.98. The Morgan fingerprint density at radius 1 is 1.28 bits per heavy atom. The number of pyridine rings is 1. The van der Waals surface area contributed by atoms with Crippen molar-refractivity contribution in [1.82, 2.24) is 4.98 Å². The van der Waals surface area contributed by atoms with Crippen LogP contribution in [0.1, 0.15) is 22.7 Å². The van der Waals surface area contributed by atoms with Crippen molar-refractivity contribution in [3.05, 3.63) is 65.5 Å². The van der Waals surface area contributed by atoms with Gasteiger partial charge in [0.1, 0.15) is 0 Å². The van der Waals surface area contributed by atoms with Gasteiger partial charge in [-0.15, -0.1) is 0 Å². The lowest BCUT2D eigenvalue weighted by atomic mass is 9.92. The molecule has 0 saturated heterocycles. The fraction of sp³-hybridized carbons (Fsp3) is 0.200. The Labute approximate surface area is 106 Å². The molecule has 1 atom stereocenters. The van der Waals surface area contributed by atoms with Crippen LogP contribution in [0.4, 0.5) is 0 Å². The second-order valence-electron chi connectivity index (χ2n) is 4.31. The van der Waals surface area contributed by atoms with Crippen molar-refractivity contribution in [2.75, 3.05) is 0 Å². The molecule has 0 aliphatic heterocycles. The molecular formula is C15H15NO2. The van der Waals surface area contributed by atoms with E-state index in [0.717, 1.165) is 16.8 Å². The van der Waals surface area contributed by atoms with Crippen LogP contribution in [0.15, 0.2) is 48.7 Å². The Balaban J connectivity index is 2.27. The van der Waals surface area contributed by atoms with Gasteiger partial charge in [-0.1, -0.05) is 30.3 Å². The summed E-state index contributed by atoms with van der Waals surface area (Å²) < 4.78 is 0. The van der Waals surface area contributed by atoms with Crippen molar-refractivity contribution >= 4 is 5.97 Å². The van der Waals surface area contributed by atoms with Gasteiger partial charge in [-0.2, -0.15) is 0 Å². The van der Waals surface area contributed by atoms with E-state index >= 15 is 0 Å². The van der Waals surface area contributed by atoms with Gasteiger partial charge in [-0.3, -0.25) is 9.78 Å². The molecule has 0 fully saturated rings. The molecule has 92 valence electrons. The first kappa shape index (κ1) is 12.3. The molecule has 0 aliphatic carbocycles. The molecule has 1 heterocycles. The molecular weight excluding hydrogens is 226 g/mol. The van der Waals surface area contributed by atoms with Gasteiger partial charge in [-0.25, -0.2) is 0 Å². The van der Waals surface area contributed by atoms with Crippen molar-refractivity contribution < 1.29 is 9.90 Å². The number of carboxylic acids is 1. The Bertz CT molecular complexity index is 537. The van der Waals surface area contributed by atoms with Crippen LogP contribution in [-0.4, -0.2) is 16.1 Å². The highest BCUT2D eigenvalue weighted by molar-refractivity contribution is 5.76. The molecule has 0 aliphatic rings. The Morgan fingerprint density at radius 3 is 2.61 bits per heavy atom. The highest BCUT2D eigenvalue weighted by atomic mass is 16.4. The molecule has 3 heteroatoms. The van der Waals surface area contributed by atoms with Crippen molar-refractivity contribution in [3.8, 4) is 0 Å². The molecule has 0 bridgehead atoms. The highest BCUT2D eigenvalue weighted by Crippen LogP contribution is 2.21. The molecule has 1 N–H and O–H groups in total. The summed E-state index contributed by atoms with van der Waals surface area (Å²) in [5.74, 6) is -1.32. The second-order valence-corrected chi connectivity index (χ2v) is 4.31. The molecule has 0 spiro atoms. The van der Waals surface area contributed by atoms with Crippen LogP contribution in [0, 0.1) is 6.92 Å². The lowest BCUT2D eigenvalue weighted by molar-refractivity contribution is -0.138. The van der Waals surface area contributed by atoms with Gasteiger partial charge in [0.15, 0.2) is 0 Å². The summed E-state index contributed by atoms with van der Waals surface area (Å²) in [7, 11) is 0. The average molecular weight is 241 g/mol. The zero-order valence-electron chi connectivity index (χ0n) is 10.2. The van der Waals surface area contributed by atoms with Gasteiger partial charge < -0.3 is 5.11 Å². The first-order valence-corrected chi connectivity index (χ1v) is 5.86. The summed E-state index contributed by atoms with van der Waals surface area (Å²) in [6, 6.07) is 13.3. The van der Waals surface area contributed by atoms with Crippen LogP contribution in [0.2, 0.25) is 0 Å². The number of hydrogen-bond donors (Lipinski definition) is 1. The molecule has 18 heavy (non-hydrogen) atoms. The normalized spacial score (nSPS) is 12.1. The van der Waals surface area contributed by atoms with Crippen LogP contribution in [-0.2, 0) is 11.2 Å². The second kappa shape index (κ2) is 5.45. The topological polar surface area (TPSA) is 50.2 Å². The van der Waals surface area contributed by atoms with Crippen LogP contribution in [0.25, 0.3) is 0 Å². The minimum absolute atomic E-state index is 0.500. The summed E-state index contributed by atoms with van der Waals surface area (Å²) in [6.07, 6.45) is 2.16. The van der Waals surface area contributed by atoms with E-state index in [2.05, 4.69) is 4.98 Å². The van der Waals surface area contributed by atoms with Gasteiger partial charge in [0, 0.05) is 11.9 Å². The van der Waals surface area contributed by atoms with E-state index in [4.69, 9.17) is 0 Å². The van der Waals surface area contributed by atoms with Crippen LogP contribution < -0.4 is 0 Å². The average Bonchev–Trinajstić information content (AvgIpc) is 2.37. The lowest BCUT2D eigenvalue weighted by Crippen LogP contribution is -2.14. The Morgan fingerprint density at radius 2 is 2.00 bits per heavy atom. The maximum absolute atomic E-state index is 11.4. The highest BCUT2D eigenvalue weighted by Gasteiger charge is 2.20. The third-order valence-electron chi connectivity index (χ3n) is 2.90. The van der Waals surface area contributed by atoms with Gasteiger partial charge in [0.05, 0.1) is 5.92 Å². The number of aliphatic carboxylic acids is 1. The number of nitrogens with zero attached hydrogens (tertiary/aromatic N) is 1. The maximum Gasteiger partial charge on any atom is 0.311 e. The molecule has 0 amide bonds. The standard InChI is InChI=1S/C15H15NO2/c1-11-9-13(7-8-16-11)14(15(17)18)10-12-5-3-2-4-6-12/h2-9,14H,10H2,1H3,(H,17,18). The van der Waals surface area contributed by atoms with Gasteiger partial charge >= 0.3 is 5.97 Å². The lowest BCUT2D eigenvalue weighted by Gasteiger charge is -2.13. The van der Waals surface area contributed by atoms with Crippen molar-refractivity contribution in [3.63, 3.8) is 0 Å². The summed E-state index contributed by atoms with van der Waals surface area (Å²) >= 11 is 0. The Hall–Kier alpha value is -2.16. The monoisotopic (exact) mass is 241 g/mol. The SMILES string of the molecule is Cc1cc(C(Cc2ccccc2)C(=O)O)ccn1. The quantitative estimate of drug-likeness (QED) is 0.895. The number of carboxylic acid groups (broad SMARTS) is 1. The largest absolute Gasteiger partial charge is 0.481 e. The summed E-state index contributed by atoms with van der Waals surface area (Å²) in [5, 5.41) is 9.36. The minimum Gasteiger partial charge on any atom is -0.481 e. The summed E-state index contributed by atoms with van der Waals surface area (Å²) in [5.41, 5.74) is 2.67. The molecule has 0 saturated carbocycles. The summed E-state index contributed by atoms with van der Waals surface area (Å²) in [4.78, 5) is 15.5. The van der Waals surface area contributed by atoms with E-state index in [-0.39, 0.29) is 0 Å². The van der Waals surface area contributed by atoms with Crippen LogP contribution in [0.3, 0.4) is 0 Å². The fourth-order valence-corrected chi connectivity index (χ4v) is 1.98. The molecule has 2 rings (SSSR count). The van der Waals surface area contributed by atoms with Crippen LogP contribution in [0.5, 0.6) is 0 Å². The van der Waals surface area contributed by atoms with Crippen molar-refractivity contribution in [2.24, 2.45) is 0 Å². The molecule has 2 aromatic rings. The predicted octanol–water partition coefficient (Wildman–Crippen LogP) is 2.80. The van der Waals surface area contributed by atoms with Crippen LogP contribution >= 0.6 is 0 Å². The number of aromatic nitrogens is 1. The number of carbonyl (C=O) groups is 1. The van der Waals surface area contributed by atoms with Gasteiger partial charge in [0.25, 0.3) is 0 Å². The zero-order valence-corrected chi connectivity index (χ0v) is 10.2. The summed E-state index contributed by atoms with van der Waals surface area (Å²) in [6.45, 7) is 1.87. The Kier molecular flexibility index (Phi) is 3.72. The number of benzene rings is 1. The molecule has 1 unspecified atom stereocenters. The van der Waals surface area contributed by atoms with E-state index in [1.54, 1.807) is 12.3 Å². The van der Waals surface area contributed by atoms with E-state index in [1.807, 2.05) is 43.3 Å². The van der Waals surface area contributed by atoms with Gasteiger partial charge in [-0.05, 0) is 36.6 Å². The van der Waals surface area contributed by atoms with Crippen molar-refractivity contribution in [2.45, 2.75) is 19.3 Å². The van der Waals surface area contributed by atoms with E-state index in [0.29, 0.717) is 6.42 Å². The first-order chi connectivity index (χ1) is 8.66. The van der Waals surface area contributed by atoms with E-state index in [9.17, 15) is 9.90 Å². The molecule has 1 aromatic heterocycles. The third kappa shape index (κ3) is 2.94. The smallest absolute Gasteiger partial charge is 0.311 e. The minimum atomic E-state index is -0.801. The molecule has 1 aromatic carbocycles. The zero-order chi connectivity index (χ0) is 13.0. The van der Waals surface area contributed by atoms with Crippen molar-refractivity contribution in [1.29, 1.82) is 0 Å². The molecule has 3 nitrogen and oxygen atoms in total. The van der Waals surface area contributed by atoms with E-state index < -0.39 is 11.9 Å². The predicted molar refractivity (Wildman–Crippen MR) is 69.5 cm³/mol. The number of hydrogen-bond acceptors (Lipinski definition) is 2. The van der Waals surface area contributed by atoms with E-state index in [1.165, 1.54) is 0 Å². The third-order valence-corrected chi connectivity index (χ3v) is 2.90. The number of aryl methyl sites for hydroxylation is 1. The first-order valence-electron chi connectivity index (χ1n) is 5.86.